The van der Waals surface area contributed by atoms with Gasteiger partial charge in [0.2, 0.25) is 0 Å². The highest BCUT2D eigenvalue weighted by atomic mass is 35.5. The van der Waals surface area contributed by atoms with Gasteiger partial charge in [-0.05, 0) is 26.0 Å². The van der Waals surface area contributed by atoms with Gasteiger partial charge in [0.1, 0.15) is 10.8 Å². The number of thiazole rings is 1. The molecule has 2 aromatic heterocycles. The molecular weight excluding hydrogens is 313 g/mol. The third-order valence-corrected chi connectivity index (χ3v) is 4.51. The van der Waals surface area contributed by atoms with Gasteiger partial charge in [-0.1, -0.05) is 17.7 Å². The number of hydrogen-bond donors (Lipinski definition) is 0. The molecular formula is C14H13Cl2N3S. The van der Waals surface area contributed by atoms with Crippen LogP contribution in [-0.2, 0) is 6.54 Å². The number of aryl methyl sites for hydroxylation is 1. The van der Waals surface area contributed by atoms with Gasteiger partial charge in [0.15, 0.2) is 0 Å². The van der Waals surface area contributed by atoms with Gasteiger partial charge in [-0.3, -0.25) is 0 Å². The number of para-hydroxylation sites is 1. The van der Waals surface area contributed by atoms with Gasteiger partial charge in [-0.2, -0.15) is 0 Å². The van der Waals surface area contributed by atoms with E-state index in [2.05, 4.69) is 14.5 Å². The number of nitrogens with zero attached hydrogens (tertiary/aromatic N) is 3. The fourth-order valence-corrected chi connectivity index (χ4v) is 3.43. The molecule has 104 valence electrons. The zero-order chi connectivity index (χ0) is 14.3. The molecule has 0 N–H and O–H groups in total. The van der Waals surface area contributed by atoms with Gasteiger partial charge in [0.25, 0.3) is 0 Å². The molecule has 0 saturated heterocycles. The van der Waals surface area contributed by atoms with Gasteiger partial charge in [0, 0.05) is 11.1 Å². The minimum atomic E-state index is -0.181. The quantitative estimate of drug-likeness (QED) is 0.647. The normalized spacial score (nSPS) is 13.0. The van der Waals surface area contributed by atoms with E-state index in [-0.39, 0.29) is 5.38 Å². The molecule has 6 heteroatoms. The van der Waals surface area contributed by atoms with Gasteiger partial charge in [-0.15, -0.1) is 22.9 Å². The lowest BCUT2D eigenvalue weighted by molar-refractivity contribution is 0.737. The standard InChI is InChI=1S/C14H13Cl2N3S/c1-8-7-20-12(17-8)6-19-13-10(16)4-3-5-11(13)18-14(19)9(2)15/h3-5,7,9H,6H2,1-2H3. The zero-order valence-corrected chi connectivity index (χ0v) is 13.4. The smallest absolute Gasteiger partial charge is 0.128 e. The predicted octanol–water partition coefficient (Wildman–Crippen LogP) is 4.80. The maximum absolute atomic E-state index is 6.33. The molecule has 0 fully saturated rings. The summed E-state index contributed by atoms with van der Waals surface area (Å²) in [5, 5.41) is 3.58. The van der Waals surface area contributed by atoms with Crippen LogP contribution in [0.4, 0.5) is 0 Å². The first-order valence-electron chi connectivity index (χ1n) is 6.26. The molecule has 0 spiro atoms. The lowest BCUT2D eigenvalue weighted by Crippen LogP contribution is -2.06. The van der Waals surface area contributed by atoms with Gasteiger partial charge < -0.3 is 4.57 Å². The third-order valence-electron chi connectivity index (χ3n) is 3.06. The average Bonchev–Trinajstić information content (AvgIpc) is 2.95. The summed E-state index contributed by atoms with van der Waals surface area (Å²) in [6, 6.07) is 5.73. The topological polar surface area (TPSA) is 30.7 Å². The molecule has 3 nitrogen and oxygen atoms in total. The Bertz CT molecular complexity index is 761. The van der Waals surface area contributed by atoms with Crippen molar-refractivity contribution in [3.05, 3.63) is 45.1 Å². The lowest BCUT2D eigenvalue weighted by atomic mass is 10.3. The van der Waals surface area contributed by atoms with Gasteiger partial charge in [0.05, 0.1) is 28.0 Å². The number of aromatic nitrogens is 3. The van der Waals surface area contributed by atoms with Crippen molar-refractivity contribution < 1.29 is 0 Å². The molecule has 3 aromatic rings. The van der Waals surface area contributed by atoms with E-state index in [9.17, 15) is 0 Å². The Balaban J connectivity index is 2.18. The van der Waals surface area contributed by atoms with E-state index in [1.165, 1.54) is 0 Å². The second-order valence-corrected chi connectivity index (χ2v) is 6.67. The molecule has 0 saturated carbocycles. The highest BCUT2D eigenvalue weighted by Crippen LogP contribution is 2.30. The van der Waals surface area contributed by atoms with Crippen molar-refractivity contribution in [2.45, 2.75) is 25.8 Å². The fraction of sp³-hybridized carbons (Fsp3) is 0.286. The van der Waals surface area contributed by atoms with Crippen LogP contribution in [-0.4, -0.2) is 14.5 Å². The summed E-state index contributed by atoms with van der Waals surface area (Å²) in [5.41, 5.74) is 2.82. The highest BCUT2D eigenvalue weighted by molar-refractivity contribution is 7.09. The largest absolute Gasteiger partial charge is 0.319 e. The van der Waals surface area contributed by atoms with Crippen LogP contribution in [0.5, 0.6) is 0 Å². The Hall–Kier alpha value is -1.10. The van der Waals surface area contributed by atoms with Crippen LogP contribution >= 0.6 is 34.5 Å². The minimum absolute atomic E-state index is 0.181. The molecule has 0 radical (unpaired) electrons. The number of benzene rings is 1. The molecule has 3 rings (SSSR count). The molecule has 1 atom stereocenters. The van der Waals surface area contributed by atoms with E-state index >= 15 is 0 Å². The van der Waals surface area contributed by atoms with Crippen molar-refractivity contribution in [2.75, 3.05) is 0 Å². The number of alkyl halides is 1. The van der Waals surface area contributed by atoms with Crippen molar-refractivity contribution in [2.24, 2.45) is 0 Å². The predicted molar refractivity (Wildman–Crippen MR) is 85.0 cm³/mol. The first-order chi connectivity index (χ1) is 9.56. The number of halogens is 2. The molecule has 0 aliphatic carbocycles. The second kappa shape index (κ2) is 5.35. The monoisotopic (exact) mass is 325 g/mol. The third kappa shape index (κ3) is 2.43. The van der Waals surface area contributed by atoms with E-state index in [0.717, 1.165) is 27.6 Å². The molecule has 0 aliphatic heterocycles. The van der Waals surface area contributed by atoms with E-state index in [1.54, 1.807) is 11.3 Å². The Labute approximate surface area is 131 Å². The summed E-state index contributed by atoms with van der Waals surface area (Å²) in [5.74, 6) is 0.822. The Morgan fingerprint density at radius 1 is 1.35 bits per heavy atom. The van der Waals surface area contributed by atoms with Crippen molar-refractivity contribution in [3.63, 3.8) is 0 Å². The molecule has 0 bridgehead atoms. The van der Waals surface area contributed by atoms with Crippen molar-refractivity contribution in [1.82, 2.24) is 14.5 Å². The van der Waals surface area contributed by atoms with E-state index in [0.29, 0.717) is 11.6 Å². The second-order valence-electron chi connectivity index (χ2n) is 4.66. The van der Waals surface area contributed by atoms with Crippen LogP contribution in [0.2, 0.25) is 5.02 Å². The van der Waals surface area contributed by atoms with Crippen LogP contribution in [0.3, 0.4) is 0 Å². The Morgan fingerprint density at radius 3 is 2.80 bits per heavy atom. The van der Waals surface area contributed by atoms with Gasteiger partial charge >= 0.3 is 0 Å². The molecule has 2 heterocycles. The number of rotatable bonds is 3. The molecule has 1 unspecified atom stereocenters. The van der Waals surface area contributed by atoms with Crippen LogP contribution in [0, 0.1) is 6.92 Å². The van der Waals surface area contributed by atoms with Gasteiger partial charge in [-0.25, -0.2) is 9.97 Å². The van der Waals surface area contributed by atoms with Crippen LogP contribution < -0.4 is 0 Å². The lowest BCUT2D eigenvalue weighted by Gasteiger charge is -2.09. The highest BCUT2D eigenvalue weighted by Gasteiger charge is 2.17. The SMILES string of the molecule is Cc1csc(Cn2c(C(C)Cl)nc3cccc(Cl)c32)n1. The number of fused-ring (bicyclic) bond motifs is 1. The zero-order valence-electron chi connectivity index (χ0n) is 11.1. The summed E-state index contributed by atoms with van der Waals surface area (Å²) in [6.07, 6.45) is 0. The summed E-state index contributed by atoms with van der Waals surface area (Å²) in [4.78, 5) is 9.11. The molecule has 20 heavy (non-hydrogen) atoms. The minimum Gasteiger partial charge on any atom is -0.319 e. The van der Waals surface area contributed by atoms with Crippen molar-refractivity contribution in [1.29, 1.82) is 0 Å². The molecule has 1 aromatic carbocycles. The maximum atomic E-state index is 6.33. The first kappa shape index (κ1) is 13.9. The Kier molecular flexibility index (Phi) is 3.71. The maximum Gasteiger partial charge on any atom is 0.128 e. The summed E-state index contributed by atoms with van der Waals surface area (Å²) in [7, 11) is 0. The average molecular weight is 326 g/mol. The fourth-order valence-electron chi connectivity index (χ4n) is 2.23. The van der Waals surface area contributed by atoms with Crippen molar-refractivity contribution in [3.8, 4) is 0 Å². The van der Waals surface area contributed by atoms with Crippen LogP contribution in [0.1, 0.15) is 28.8 Å². The summed E-state index contributed by atoms with van der Waals surface area (Å²) < 4.78 is 2.06. The van der Waals surface area contributed by atoms with E-state index < -0.39 is 0 Å². The van der Waals surface area contributed by atoms with Crippen molar-refractivity contribution >= 4 is 45.6 Å². The molecule has 0 amide bonds. The van der Waals surface area contributed by atoms with E-state index in [1.807, 2.05) is 37.4 Å². The number of imidazole rings is 1. The first-order valence-corrected chi connectivity index (χ1v) is 7.95. The van der Waals surface area contributed by atoms with Crippen LogP contribution in [0.15, 0.2) is 23.6 Å². The Morgan fingerprint density at radius 2 is 2.15 bits per heavy atom. The van der Waals surface area contributed by atoms with E-state index in [4.69, 9.17) is 23.2 Å². The summed E-state index contributed by atoms with van der Waals surface area (Å²) in [6.45, 7) is 4.55. The molecule has 0 aliphatic rings. The number of hydrogen-bond acceptors (Lipinski definition) is 3. The summed E-state index contributed by atoms with van der Waals surface area (Å²) >= 11 is 14.2. The van der Waals surface area contributed by atoms with Crippen LogP contribution in [0.25, 0.3) is 11.0 Å².